The van der Waals surface area contributed by atoms with Crippen LogP contribution >= 0.6 is 12.2 Å². The van der Waals surface area contributed by atoms with Crippen molar-refractivity contribution in [2.75, 3.05) is 27.3 Å². The van der Waals surface area contributed by atoms with Crippen molar-refractivity contribution >= 4 is 23.2 Å². The molecular weight excluding hydrogens is 188 g/mol. The molecule has 1 saturated heterocycles. The number of methoxy groups -OCH3 is 1. The second-order valence-electron chi connectivity index (χ2n) is 3.05. The minimum atomic E-state index is -0.135. The summed E-state index contributed by atoms with van der Waals surface area (Å²) in [6.45, 7) is 2.91. The van der Waals surface area contributed by atoms with Gasteiger partial charge in [-0.25, -0.2) is 0 Å². The standard InChI is InChI=1S/C8H14N2O2S/c1-6-7(11)10(4-5-12-3)8(13)9(6)2/h6H,4-5H2,1-3H3. The molecule has 4 nitrogen and oxygen atoms in total. The zero-order valence-corrected chi connectivity index (χ0v) is 8.93. The molecule has 1 aliphatic heterocycles. The van der Waals surface area contributed by atoms with Crippen LogP contribution in [0.3, 0.4) is 0 Å². The number of carbonyl (C=O) groups is 1. The number of nitrogens with zero attached hydrogens (tertiary/aromatic N) is 2. The normalized spacial score (nSPS) is 23.2. The van der Waals surface area contributed by atoms with Crippen molar-refractivity contribution in [3.63, 3.8) is 0 Å². The van der Waals surface area contributed by atoms with Gasteiger partial charge in [-0.2, -0.15) is 0 Å². The molecule has 1 rings (SSSR count). The van der Waals surface area contributed by atoms with Crippen molar-refractivity contribution in [1.29, 1.82) is 0 Å². The maximum absolute atomic E-state index is 11.6. The molecule has 0 aliphatic carbocycles. The molecule has 1 unspecified atom stereocenters. The quantitative estimate of drug-likeness (QED) is 0.607. The third kappa shape index (κ3) is 1.81. The van der Waals surface area contributed by atoms with Gasteiger partial charge in [-0.1, -0.05) is 0 Å². The molecular formula is C8H14N2O2S. The highest BCUT2D eigenvalue weighted by Crippen LogP contribution is 2.14. The lowest BCUT2D eigenvalue weighted by molar-refractivity contribution is -0.127. The highest BCUT2D eigenvalue weighted by molar-refractivity contribution is 7.80. The van der Waals surface area contributed by atoms with Gasteiger partial charge in [0.25, 0.3) is 5.91 Å². The smallest absolute Gasteiger partial charge is 0.251 e. The molecule has 74 valence electrons. The maximum Gasteiger partial charge on any atom is 0.251 e. The second-order valence-corrected chi connectivity index (χ2v) is 3.42. The molecule has 13 heavy (non-hydrogen) atoms. The van der Waals surface area contributed by atoms with Crippen LogP contribution in [0, 0.1) is 0 Å². The first-order valence-corrected chi connectivity index (χ1v) is 4.57. The van der Waals surface area contributed by atoms with E-state index < -0.39 is 0 Å². The highest BCUT2D eigenvalue weighted by Gasteiger charge is 2.36. The van der Waals surface area contributed by atoms with Gasteiger partial charge in [-0.15, -0.1) is 0 Å². The van der Waals surface area contributed by atoms with Crippen LogP contribution in [0.1, 0.15) is 6.92 Å². The topological polar surface area (TPSA) is 32.8 Å². The van der Waals surface area contributed by atoms with Crippen molar-refractivity contribution in [2.45, 2.75) is 13.0 Å². The molecule has 0 radical (unpaired) electrons. The summed E-state index contributed by atoms with van der Waals surface area (Å²) in [5, 5.41) is 0.592. The fourth-order valence-electron chi connectivity index (χ4n) is 1.23. The monoisotopic (exact) mass is 202 g/mol. The lowest BCUT2D eigenvalue weighted by atomic mass is 10.3. The van der Waals surface area contributed by atoms with Gasteiger partial charge in [0.15, 0.2) is 5.11 Å². The Kier molecular flexibility index (Phi) is 3.22. The summed E-state index contributed by atoms with van der Waals surface area (Å²) in [4.78, 5) is 15.0. The summed E-state index contributed by atoms with van der Waals surface area (Å²) in [5.74, 6) is 0.0598. The molecule has 0 aromatic heterocycles. The number of rotatable bonds is 3. The molecule has 0 N–H and O–H groups in total. The molecule has 1 aliphatic rings. The fourth-order valence-corrected chi connectivity index (χ4v) is 1.57. The Labute approximate surface area is 83.4 Å². The highest BCUT2D eigenvalue weighted by atomic mass is 32.1. The fraction of sp³-hybridized carbons (Fsp3) is 0.750. The number of hydrogen-bond donors (Lipinski definition) is 0. The van der Waals surface area contributed by atoms with Crippen LogP contribution in [0.15, 0.2) is 0 Å². The van der Waals surface area contributed by atoms with E-state index in [1.54, 1.807) is 16.9 Å². The van der Waals surface area contributed by atoms with Crippen LogP contribution in [-0.2, 0) is 9.53 Å². The Morgan fingerprint density at radius 3 is 2.62 bits per heavy atom. The van der Waals surface area contributed by atoms with Crippen LogP contribution < -0.4 is 0 Å². The van der Waals surface area contributed by atoms with Crippen LogP contribution in [-0.4, -0.2) is 54.2 Å². The minimum absolute atomic E-state index is 0.0598. The summed E-state index contributed by atoms with van der Waals surface area (Å²) in [6.07, 6.45) is 0. The third-order valence-corrected chi connectivity index (χ3v) is 2.76. The molecule has 1 heterocycles. The van der Waals surface area contributed by atoms with Crippen LogP contribution in [0.5, 0.6) is 0 Å². The summed E-state index contributed by atoms with van der Waals surface area (Å²) < 4.78 is 4.90. The average Bonchev–Trinajstić information content (AvgIpc) is 2.30. The summed E-state index contributed by atoms with van der Waals surface area (Å²) in [6, 6.07) is -0.135. The number of thiocarbonyl (C=S) groups is 1. The third-order valence-electron chi connectivity index (χ3n) is 2.26. The Morgan fingerprint density at radius 1 is 1.62 bits per heavy atom. The number of amides is 1. The number of hydrogen-bond acceptors (Lipinski definition) is 3. The minimum Gasteiger partial charge on any atom is -0.383 e. The molecule has 5 heteroatoms. The van der Waals surface area contributed by atoms with Gasteiger partial charge >= 0.3 is 0 Å². The summed E-state index contributed by atoms with van der Waals surface area (Å²) in [7, 11) is 3.44. The molecule has 1 fully saturated rings. The average molecular weight is 202 g/mol. The molecule has 1 atom stereocenters. The van der Waals surface area contributed by atoms with E-state index in [-0.39, 0.29) is 11.9 Å². The molecule has 0 bridgehead atoms. The van der Waals surface area contributed by atoms with Gasteiger partial charge in [0.2, 0.25) is 0 Å². The number of likely N-dealkylation sites (N-methyl/N-ethyl adjacent to an activating group) is 1. The van der Waals surface area contributed by atoms with E-state index in [0.29, 0.717) is 18.3 Å². The Balaban J connectivity index is 2.64. The van der Waals surface area contributed by atoms with Gasteiger partial charge < -0.3 is 9.64 Å². The van der Waals surface area contributed by atoms with Gasteiger partial charge in [0, 0.05) is 14.2 Å². The Morgan fingerprint density at radius 2 is 2.23 bits per heavy atom. The van der Waals surface area contributed by atoms with Crippen molar-refractivity contribution in [3.05, 3.63) is 0 Å². The van der Waals surface area contributed by atoms with Gasteiger partial charge in [-0.05, 0) is 19.1 Å². The first-order valence-electron chi connectivity index (χ1n) is 4.16. The molecule has 0 saturated carbocycles. The molecule has 0 spiro atoms. The number of carbonyl (C=O) groups excluding carboxylic acids is 1. The van der Waals surface area contributed by atoms with E-state index in [1.165, 1.54) is 0 Å². The van der Waals surface area contributed by atoms with Crippen molar-refractivity contribution in [1.82, 2.24) is 9.80 Å². The van der Waals surface area contributed by atoms with E-state index in [0.717, 1.165) is 0 Å². The van der Waals surface area contributed by atoms with Crippen LogP contribution in [0.4, 0.5) is 0 Å². The summed E-state index contributed by atoms with van der Waals surface area (Å²) in [5.41, 5.74) is 0. The SMILES string of the molecule is COCCN1C(=O)C(C)N(C)C1=S. The Bertz CT molecular complexity index is 212. The first-order chi connectivity index (χ1) is 6.09. The number of ether oxygens (including phenoxy) is 1. The second kappa shape index (κ2) is 4.02. The van der Waals surface area contributed by atoms with Gasteiger partial charge in [0.1, 0.15) is 6.04 Å². The van der Waals surface area contributed by atoms with E-state index in [1.807, 2.05) is 14.0 Å². The lowest BCUT2D eigenvalue weighted by Crippen LogP contribution is -2.34. The van der Waals surface area contributed by atoms with Crippen molar-refractivity contribution < 1.29 is 9.53 Å². The predicted molar refractivity (Wildman–Crippen MR) is 53.4 cm³/mol. The molecule has 0 aromatic rings. The lowest BCUT2D eigenvalue weighted by Gasteiger charge is -2.16. The Hall–Kier alpha value is -0.680. The zero-order valence-electron chi connectivity index (χ0n) is 8.11. The van der Waals surface area contributed by atoms with E-state index in [4.69, 9.17) is 17.0 Å². The van der Waals surface area contributed by atoms with Crippen LogP contribution in [0.25, 0.3) is 0 Å². The van der Waals surface area contributed by atoms with Crippen LogP contribution in [0.2, 0.25) is 0 Å². The zero-order chi connectivity index (χ0) is 10.0. The van der Waals surface area contributed by atoms with Crippen molar-refractivity contribution in [3.8, 4) is 0 Å². The maximum atomic E-state index is 11.6. The summed E-state index contributed by atoms with van der Waals surface area (Å²) >= 11 is 5.11. The van der Waals surface area contributed by atoms with E-state index >= 15 is 0 Å². The van der Waals surface area contributed by atoms with E-state index in [2.05, 4.69) is 0 Å². The van der Waals surface area contributed by atoms with Gasteiger partial charge in [-0.3, -0.25) is 9.69 Å². The van der Waals surface area contributed by atoms with Crippen molar-refractivity contribution in [2.24, 2.45) is 0 Å². The van der Waals surface area contributed by atoms with Gasteiger partial charge in [0.05, 0.1) is 13.2 Å². The predicted octanol–water partition coefficient (Wildman–Crippen LogP) is 0.0802. The largest absolute Gasteiger partial charge is 0.383 e. The molecule has 1 amide bonds. The molecule has 0 aromatic carbocycles. The first kappa shape index (κ1) is 10.4. The van der Waals surface area contributed by atoms with E-state index in [9.17, 15) is 4.79 Å².